The Hall–Kier alpha value is -3.20. The van der Waals surface area contributed by atoms with Gasteiger partial charge in [0.25, 0.3) is 11.5 Å². The zero-order valence-corrected chi connectivity index (χ0v) is 19.9. The molecule has 0 bridgehead atoms. The van der Waals surface area contributed by atoms with E-state index in [-0.39, 0.29) is 18.1 Å². The van der Waals surface area contributed by atoms with Crippen LogP contribution in [-0.2, 0) is 4.79 Å². The number of methoxy groups -OCH3 is 1. The van der Waals surface area contributed by atoms with Crippen LogP contribution in [0, 0.1) is 0 Å². The number of para-hydroxylation sites is 1. The molecule has 1 amide bonds. The van der Waals surface area contributed by atoms with Gasteiger partial charge in [-0.3, -0.25) is 9.59 Å². The molecule has 1 aliphatic carbocycles. The molecular formula is C24H25BrN4O4. The Balaban J connectivity index is 1.83. The van der Waals surface area contributed by atoms with Crippen LogP contribution in [0.4, 0.5) is 0 Å². The first-order chi connectivity index (χ1) is 16.0. The third-order valence-corrected chi connectivity index (χ3v) is 6.20. The van der Waals surface area contributed by atoms with Gasteiger partial charge in [-0.15, -0.1) is 0 Å². The van der Waals surface area contributed by atoms with E-state index >= 15 is 0 Å². The number of rotatable bonds is 7. The van der Waals surface area contributed by atoms with Gasteiger partial charge in [0.2, 0.25) is 0 Å². The van der Waals surface area contributed by atoms with Gasteiger partial charge in [0.05, 0.1) is 24.2 Å². The van der Waals surface area contributed by atoms with Gasteiger partial charge in [-0.05, 0) is 43.2 Å². The number of hydrogen-bond donors (Lipinski definition) is 1. The lowest BCUT2D eigenvalue weighted by Crippen LogP contribution is -2.25. The van der Waals surface area contributed by atoms with Crippen LogP contribution in [0.2, 0.25) is 0 Å². The van der Waals surface area contributed by atoms with Gasteiger partial charge >= 0.3 is 0 Å². The number of aromatic nitrogens is 2. The molecule has 2 N–H and O–H groups in total. The van der Waals surface area contributed by atoms with Crippen molar-refractivity contribution in [3.8, 4) is 11.5 Å². The molecule has 2 aromatic carbocycles. The van der Waals surface area contributed by atoms with Gasteiger partial charge in [-0.2, -0.15) is 9.78 Å². The average molecular weight is 513 g/mol. The summed E-state index contributed by atoms with van der Waals surface area (Å²) in [6.07, 6.45) is 6.85. The van der Waals surface area contributed by atoms with Crippen molar-refractivity contribution in [3.05, 3.63) is 62.6 Å². The minimum atomic E-state index is -0.607. The molecule has 0 spiro atoms. The molecule has 9 heteroatoms. The van der Waals surface area contributed by atoms with Crippen LogP contribution >= 0.6 is 15.9 Å². The van der Waals surface area contributed by atoms with Crippen molar-refractivity contribution in [2.75, 3.05) is 13.7 Å². The third-order valence-electron chi connectivity index (χ3n) is 5.70. The summed E-state index contributed by atoms with van der Waals surface area (Å²) in [7, 11) is 1.50. The molecule has 3 aromatic rings. The van der Waals surface area contributed by atoms with E-state index in [9.17, 15) is 9.59 Å². The first-order valence-electron chi connectivity index (χ1n) is 10.8. The summed E-state index contributed by atoms with van der Waals surface area (Å²) in [5.41, 5.74) is 6.21. The van der Waals surface area contributed by atoms with Gasteiger partial charge in [-0.1, -0.05) is 41.3 Å². The van der Waals surface area contributed by atoms with Crippen molar-refractivity contribution in [2.45, 2.75) is 38.0 Å². The fourth-order valence-corrected chi connectivity index (χ4v) is 4.48. The zero-order chi connectivity index (χ0) is 23.4. The van der Waals surface area contributed by atoms with Crippen LogP contribution in [0.1, 0.15) is 49.4 Å². The summed E-state index contributed by atoms with van der Waals surface area (Å²) in [6, 6.07) is 10.7. The van der Waals surface area contributed by atoms with Crippen LogP contribution in [0.25, 0.3) is 10.9 Å². The summed E-state index contributed by atoms with van der Waals surface area (Å²) in [5, 5.41) is 5.03. The second-order valence-corrected chi connectivity index (χ2v) is 8.88. The number of nitrogens with two attached hydrogens (primary N) is 1. The van der Waals surface area contributed by atoms with E-state index in [4.69, 9.17) is 20.2 Å². The Kier molecular flexibility index (Phi) is 7.08. The van der Waals surface area contributed by atoms with Crippen molar-refractivity contribution in [2.24, 2.45) is 10.8 Å². The second kappa shape index (κ2) is 10.2. The van der Waals surface area contributed by atoms with Crippen LogP contribution in [0.15, 0.2) is 50.8 Å². The standard InChI is InChI=1S/C24H25BrN4O4/c1-32-20-9-5-8-16(22(20)33-14-21(26)30)13-27-29-23(15-6-3-2-4-7-15)28-19-11-10-17(25)12-18(19)24(29)31/h5,8-13,15H,2-4,6-7,14H2,1H3,(H2,26,30). The quantitative estimate of drug-likeness (QED) is 0.481. The molecule has 0 saturated heterocycles. The van der Waals surface area contributed by atoms with E-state index in [1.54, 1.807) is 24.3 Å². The predicted octanol–water partition coefficient (Wildman–Crippen LogP) is 3.96. The van der Waals surface area contributed by atoms with Crippen LogP contribution in [0.5, 0.6) is 11.5 Å². The second-order valence-electron chi connectivity index (χ2n) is 7.96. The summed E-state index contributed by atoms with van der Waals surface area (Å²) in [5.74, 6) is 0.969. The largest absolute Gasteiger partial charge is 0.493 e. The molecular weight excluding hydrogens is 488 g/mol. The van der Waals surface area contributed by atoms with Crippen molar-refractivity contribution < 1.29 is 14.3 Å². The SMILES string of the molecule is COc1cccc(C=Nn2c(C3CCCCC3)nc3ccc(Br)cc3c2=O)c1OCC(N)=O. The van der Waals surface area contributed by atoms with E-state index < -0.39 is 5.91 Å². The first kappa shape index (κ1) is 23.0. The number of fused-ring (bicyclic) bond motifs is 1. The molecule has 0 atom stereocenters. The monoisotopic (exact) mass is 512 g/mol. The highest BCUT2D eigenvalue weighted by atomic mass is 79.9. The molecule has 1 heterocycles. The van der Waals surface area contributed by atoms with E-state index in [2.05, 4.69) is 21.0 Å². The number of ether oxygens (including phenoxy) is 2. The summed E-state index contributed by atoms with van der Waals surface area (Å²) in [4.78, 5) is 29.5. The highest BCUT2D eigenvalue weighted by Crippen LogP contribution is 2.33. The zero-order valence-electron chi connectivity index (χ0n) is 18.3. The average Bonchev–Trinajstić information content (AvgIpc) is 2.83. The number of carbonyl (C=O) groups is 1. The Morgan fingerprint density at radius 2 is 2.06 bits per heavy atom. The number of primary amides is 1. The lowest BCUT2D eigenvalue weighted by Gasteiger charge is -2.22. The van der Waals surface area contributed by atoms with E-state index in [0.29, 0.717) is 33.8 Å². The lowest BCUT2D eigenvalue weighted by atomic mass is 9.88. The summed E-state index contributed by atoms with van der Waals surface area (Å²) < 4.78 is 13.1. The van der Waals surface area contributed by atoms with Gasteiger partial charge in [0.15, 0.2) is 18.1 Å². The maximum absolute atomic E-state index is 13.5. The molecule has 1 aromatic heterocycles. The maximum atomic E-state index is 13.5. The van der Waals surface area contributed by atoms with Crippen molar-refractivity contribution in [3.63, 3.8) is 0 Å². The molecule has 33 heavy (non-hydrogen) atoms. The third kappa shape index (κ3) is 5.08. The van der Waals surface area contributed by atoms with Gasteiger partial charge in [0, 0.05) is 16.0 Å². The maximum Gasteiger partial charge on any atom is 0.282 e. The number of hydrogen-bond acceptors (Lipinski definition) is 6. The predicted molar refractivity (Wildman–Crippen MR) is 130 cm³/mol. The summed E-state index contributed by atoms with van der Waals surface area (Å²) >= 11 is 3.43. The topological polar surface area (TPSA) is 109 Å². The van der Waals surface area contributed by atoms with E-state index in [1.165, 1.54) is 24.4 Å². The van der Waals surface area contributed by atoms with Crippen LogP contribution in [0.3, 0.4) is 0 Å². The Morgan fingerprint density at radius 3 is 2.79 bits per heavy atom. The fourth-order valence-electron chi connectivity index (χ4n) is 4.12. The number of halogens is 1. The number of nitrogens with zero attached hydrogens (tertiary/aromatic N) is 3. The summed E-state index contributed by atoms with van der Waals surface area (Å²) in [6.45, 7) is -0.306. The normalized spacial score (nSPS) is 14.6. The molecule has 1 aliphatic rings. The highest BCUT2D eigenvalue weighted by Gasteiger charge is 2.22. The number of carbonyl (C=O) groups excluding carboxylic acids is 1. The van der Waals surface area contributed by atoms with Gasteiger partial charge in [0.1, 0.15) is 5.82 Å². The van der Waals surface area contributed by atoms with Gasteiger partial charge in [-0.25, -0.2) is 4.98 Å². The number of benzene rings is 2. The molecule has 172 valence electrons. The molecule has 8 nitrogen and oxygen atoms in total. The van der Waals surface area contributed by atoms with Crippen LogP contribution < -0.4 is 20.8 Å². The minimum Gasteiger partial charge on any atom is -0.493 e. The lowest BCUT2D eigenvalue weighted by molar-refractivity contribution is -0.119. The van der Waals surface area contributed by atoms with E-state index in [1.807, 2.05) is 12.1 Å². The Bertz CT molecular complexity index is 1270. The molecule has 0 unspecified atom stereocenters. The minimum absolute atomic E-state index is 0.160. The van der Waals surface area contributed by atoms with Crippen molar-refractivity contribution in [1.82, 2.24) is 9.66 Å². The first-order valence-corrected chi connectivity index (χ1v) is 11.6. The van der Waals surface area contributed by atoms with Crippen molar-refractivity contribution in [1.29, 1.82) is 0 Å². The highest BCUT2D eigenvalue weighted by molar-refractivity contribution is 9.10. The molecule has 0 radical (unpaired) electrons. The Labute approximate surface area is 199 Å². The van der Waals surface area contributed by atoms with Crippen molar-refractivity contribution >= 4 is 39.0 Å². The molecule has 1 saturated carbocycles. The molecule has 0 aliphatic heterocycles. The number of amides is 1. The molecule has 1 fully saturated rings. The Morgan fingerprint density at radius 1 is 1.27 bits per heavy atom. The van der Waals surface area contributed by atoms with E-state index in [0.717, 1.165) is 30.2 Å². The smallest absolute Gasteiger partial charge is 0.282 e. The van der Waals surface area contributed by atoms with Gasteiger partial charge < -0.3 is 15.2 Å². The van der Waals surface area contributed by atoms with Crippen LogP contribution in [-0.4, -0.2) is 35.5 Å². The molecule has 4 rings (SSSR count). The fraction of sp³-hybridized carbons (Fsp3) is 0.333.